The topological polar surface area (TPSA) is 82.0 Å². The first kappa shape index (κ1) is 13.8. The third-order valence-corrected chi connectivity index (χ3v) is 3.35. The van der Waals surface area contributed by atoms with E-state index in [0.29, 0.717) is 16.9 Å². The van der Waals surface area contributed by atoms with Crippen LogP contribution >= 0.6 is 0 Å². The highest BCUT2D eigenvalue weighted by atomic mass is 16.6. The van der Waals surface area contributed by atoms with E-state index in [1.807, 2.05) is 42.5 Å². The van der Waals surface area contributed by atoms with Crippen molar-refractivity contribution in [2.45, 2.75) is 0 Å². The largest absolute Gasteiger partial charge is 0.398 e. The number of nitro groups is 1. The molecule has 0 aliphatic heterocycles. The summed E-state index contributed by atoms with van der Waals surface area (Å²) in [6.07, 6.45) is 3.64. The van der Waals surface area contributed by atoms with Crippen LogP contribution in [0.15, 0.2) is 54.6 Å². The third kappa shape index (κ3) is 2.64. The fraction of sp³-hybridized carbons (Fsp3) is 0. The quantitative estimate of drug-likeness (QED) is 0.451. The van der Waals surface area contributed by atoms with Crippen LogP contribution in [-0.4, -0.2) is 9.91 Å². The Kier molecular flexibility index (Phi) is 3.53. The number of nitrogens with two attached hydrogens (primary N) is 1. The number of fused-ring (bicyclic) bond motifs is 1. The Morgan fingerprint density at radius 1 is 1.00 bits per heavy atom. The van der Waals surface area contributed by atoms with Crippen molar-refractivity contribution in [1.29, 1.82) is 0 Å². The molecule has 0 fully saturated rings. The number of para-hydroxylation sites is 2. The molecule has 108 valence electrons. The van der Waals surface area contributed by atoms with Crippen molar-refractivity contribution in [2.24, 2.45) is 0 Å². The van der Waals surface area contributed by atoms with E-state index >= 15 is 0 Å². The predicted octanol–water partition coefficient (Wildman–Crippen LogP) is 3.90. The summed E-state index contributed by atoms with van der Waals surface area (Å²) < 4.78 is 0. The monoisotopic (exact) mass is 291 g/mol. The number of benzene rings is 2. The minimum atomic E-state index is -0.419. The highest BCUT2D eigenvalue weighted by Gasteiger charge is 2.12. The normalized spacial score (nSPS) is 11.1. The molecule has 0 radical (unpaired) electrons. The van der Waals surface area contributed by atoms with Gasteiger partial charge >= 0.3 is 0 Å². The minimum Gasteiger partial charge on any atom is -0.398 e. The predicted molar refractivity (Wildman–Crippen MR) is 88.2 cm³/mol. The molecule has 3 rings (SSSR count). The lowest BCUT2D eigenvalue weighted by molar-refractivity contribution is -0.383. The van der Waals surface area contributed by atoms with Crippen LogP contribution in [0.1, 0.15) is 11.3 Å². The molecule has 22 heavy (non-hydrogen) atoms. The summed E-state index contributed by atoms with van der Waals surface area (Å²) in [4.78, 5) is 15.0. The maximum Gasteiger partial charge on any atom is 0.295 e. The van der Waals surface area contributed by atoms with Gasteiger partial charge in [-0.1, -0.05) is 42.5 Å². The van der Waals surface area contributed by atoms with Crippen molar-refractivity contribution in [3.8, 4) is 0 Å². The molecule has 0 amide bonds. The lowest BCUT2D eigenvalue weighted by Crippen LogP contribution is -1.92. The van der Waals surface area contributed by atoms with Crippen LogP contribution in [0.5, 0.6) is 0 Å². The molecule has 0 saturated carbocycles. The Hall–Kier alpha value is -3.21. The number of hydrogen-bond acceptors (Lipinski definition) is 4. The van der Waals surface area contributed by atoms with E-state index in [2.05, 4.69) is 4.98 Å². The maximum absolute atomic E-state index is 11.1. The van der Waals surface area contributed by atoms with E-state index in [1.54, 1.807) is 18.2 Å². The number of anilines is 1. The summed E-state index contributed by atoms with van der Waals surface area (Å²) in [5, 5.41) is 11.8. The molecule has 0 bridgehead atoms. The van der Waals surface area contributed by atoms with Gasteiger partial charge in [0.25, 0.3) is 5.69 Å². The zero-order chi connectivity index (χ0) is 15.5. The van der Waals surface area contributed by atoms with E-state index in [0.717, 1.165) is 10.9 Å². The molecule has 5 heteroatoms. The van der Waals surface area contributed by atoms with Crippen molar-refractivity contribution in [3.05, 3.63) is 76.0 Å². The van der Waals surface area contributed by atoms with Gasteiger partial charge in [-0.25, -0.2) is 4.98 Å². The molecule has 2 aromatic carbocycles. The van der Waals surface area contributed by atoms with Crippen LogP contribution in [0, 0.1) is 10.1 Å². The number of pyridine rings is 1. The first-order valence-corrected chi connectivity index (χ1v) is 6.72. The molecule has 0 unspecified atom stereocenters. The van der Waals surface area contributed by atoms with Crippen LogP contribution in [0.25, 0.3) is 23.1 Å². The van der Waals surface area contributed by atoms with Gasteiger partial charge in [0.15, 0.2) is 0 Å². The summed E-state index contributed by atoms with van der Waals surface area (Å²) in [5.74, 6) is 0. The van der Waals surface area contributed by atoms with Crippen molar-refractivity contribution in [2.75, 3.05) is 5.73 Å². The Labute approximate surface area is 126 Å². The molecule has 3 aromatic rings. The van der Waals surface area contributed by atoms with Crippen LogP contribution in [0.3, 0.4) is 0 Å². The Balaban J connectivity index is 2.04. The molecule has 1 aromatic heterocycles. The molecular formula is C17H13N3O2. The number of rotatable bonds is 3. The Bertz CT molecular complexity index is 888. The summed E-state index contributed by atoms with van der Waals surface area (Å²) in [5.41, 5.74) is 8.47. The highest BCUT2D eigenvalue weighted by Crippen LogP contribution is 2.24. The van der Waals surface area contributed by atoms with Gasteiger partial charge in [-0.3, -0.25) is 10.1 Å². The number of hydrogen-bond donors (Lipinski definition) is 1. The third-order valence-electron chi connectivity index (χ3n) is 3.35. The van der Waals surface area contributed by atoms with Gasteiger partial charge in [0, 0.05) is 17.1 Å². The Morgan fingerprint density at radius 3 is 2.59 bits per heavy atom. The number of aromatic nitrogens is 1. The molecule has 1 heterocycles. The van der Waals surface area contributed by atoms with Crippen molar-refractivity contribution in [1.82, 2.24) is 4.98 Å². The minimum absolute atomic E-state index is 0.00646. The van der Waals surface area contributed by atoms with Crippen molar-refractivity contribution >= 4 is 34.4 Å². The smallest absolute Gasteiger partial charge is 0.295 e. The zero-order valence-corrected chi connectivity index (χ0v) is 11.6. The van der Waals surface area contributed by atoms with Crippen molar-refractivity contribution < 1.29 is 4.92 Å². The van der Waals surface area contributed by atoms with Crippen molar-refractivity contribution in [3.63, 3.8) is 0 Å². The summed E-state index contributed by atoms with van der Waals surface area (Å²) in [6.45, 7) is 0. The molecule has 0 aliphatic rings. The number of nitrogen functional groups attached to an aromatic ring is 1. The molecule has 2 N–H and O–H groups in total. The molecule has 5 nitrogen and oxygen atoms in total. The average molecular weight is 291 g/mol. The number of nitro benzene ring substituents is 1. The second kappa shape index (κ2) is 5.65. The zero-order valence-electron chi connectivity index (χ0n) is 11.6. The van der Waals surface area contributed by atoms with E-state index in [-0.39, 0.29) is 5.69 Å². The van der Waals surface area contributed by atoms with Gasteiger partial charge < -0.3 is 5.73 Å². The molecular weight excluding hydrogens is 278 g/mol. The van der Waals surface area contributed by atoms with Crippen LogP contribution in [0.2, 0.25) is 0 Å². The van der Waals surface area contributed by atoms with Gasteiger partial charge in [-0.2, -0.15) is 0 Å². The summed E-state index contributed by atoms with van der Waals surface area (Å²) in [7, 11) is 0. The SMILES string of the molecule is Nc1ccccc1C=Cc1ccc2cccc([N+](=O)[O-])c2n1. The first-order chi connectivity index (χ1) is 10.6. The molecule has 0 spiro atoms. The Morgan fingerprint density at radius 2 is 1.82 bits per heavy atom. The fourth-order valence-corrected chi connectivity index (χ4v) is 2.22. The van der Waals surface area contributed by atoms with E-state index in [4.69, 9.17) is 5.73 Å². The van der Waals surface area contributed by atoms with Gasteiger partial charge in [-0.05, 0) is 23.8 Å². The van der Waals surface area contributed by atoms with Crippen LogP contribution in [0.4, 0.5) is 11.4 Å². The average Bonchev–Trinajstić information content (AvgIpc) is 2.53. The number of nitrogens with zero attached hydrogens (tertiary/aromatic N) is 2. The lowest BCUT2D eigenvalue weighted by Gasteiger charge is -2.01. The highest BCUT2D eigenvalue weighted by molar-refractivity contribution is 5.88. The molecule has 0 atom stereocenters. The van der Waals surface area contributed by atoms with Crippen LogP contribution < -0.4 is 5.73 Å². The lowest BCUT2D eigenvalue weighted by atomic mass is 10.1. The number of non-ortho nitro benzene ring substituents is 1. The van der Waals surface area contributed by atoms with E-state index in [1.165, 1.54) is 6.07 Å². The summed E-state index contributed by atoms with van der Waals surface area (Å²) in [6, 6.07) is 16.0. The van der Waals surface area contributed by atoms with Gasteiger partial charge in [0.1, 0.15) is 5.52 Å². The fourth-order valence-electron chi connectivity index (χ4n) is 2.22. The summed E-state index contributed by atoms with van der Waals surface area (Å²) >= 11 is 0. The van der Waals surface area contributed by atoms with E-state index in [9.17, 15) is 10.1 Å². The standard InChI is InChI=1S/C17H13N3O2/c18-15-6-2-1-4-12(15)8-10-14-11-9-13-5-3-7-16(20(21)22)17(13)19-14/h1-11H,18H2. The maximum atomic E-state index is 11.1. The molecule has 0 aliphatic carbocycles. The van der Waals surface area contributed by atoms with Gasteiger partial charge in [0.05, 0.1) is 10.6 Å². The molecule has 0 saturated heterocycles. The first-order valence-electron chi connectivity index (χ1n) is 6.72. The van der Waals surface area contributed by atoms with E-state index < -0.39 is 4.92 Å². The second-order valence-electron chi connectivity index (χ2n) is 4.80. The van der Waals surface area contributed by atoms with Crippen LogP contribution in [-0.2, 0) is 0 Å². The second-order valence-corrected chi connectivity index (χ2v) is 4.80. The van der Waals surface area contributed by atoms with Gasteiger partial charge in [0.2, 0.25) is 0 Å². The van der Waals surface area contributed by atoms with Gasteiger partial charge in [-0.15, -0.1) is 0 Å².